The number of alkyl halides is 3. The quantitative estimate of drug-likeness (QED) is 0.156. The van der Waals surface area contributed by atoms with Crippen LogP contribution >= 0.6 is 24.2 Å². The minimum atomic E-state index is -4.82. The maximum absolute atomic E-state index is 15.4. The molecule has 0 aliphatic carbocycles. The number of methoxy groups -OCH3 is 1. The molecule has 3 aromatic carbocycles. The van der Waals surface area contributed by atoms with Gasteiger partial charge in [-0.25, -0.2) is 14.2 Å². The molecule has 2 N–H and O–H groups in total. The molecular formula is C28H25ClF4N6O4S. The number of fused-ring (bicyclic) bond motifs is 1. The Hall–Kier alpha value is -4.50. The lowest BCUT2D eigenvalue weighted by atomic mass is 9.99. The van der Waals surface area contributed by atoms with Crippen LogP contribution in [0.2, 0.25) is 0 Å². The number of thioether (sulfide) groups is 1. The van der Waals surface area contributed by atoms with Crippen LogP contribution in [0.3, 0.4) is 0 Å². The molecule has 0 atom stereocenters. The summed E-state index contributed by atoms with van der Waals surface area (Å²) >= 11 is 1.52. The maximum Gasteiger partial charge on any atom is 0.416 e. The predicted molar refractivity (Wildman–Crippen MR) is 159 cm³/mol. The van der Waals surface area contributed by atoms with Crippen LogP contribution in [0.1, 0.15) is 11.4 Å². The standard InChI is InChI=1S/C28H24F4N6O4S.ClH/c1-37-25-19(15-8-20(29)26(22(9-15)41-2)42-13-23-33-14-34-36-23)10-16(28(30,31)32)11-21(25)38(27(37)40)12-24(39)35-17-4-6-18(43-3)7-5-17;/h4-11,14H,12-13H2,1-3H3,(H,35,39)(H,33,34,36);1H. The van der Waals surface area contributed by atoms with Crippen LogP contribution in [-0.2, 0) is 31.2 Å². The van der Waals surface area contributed by atoms with Gasteiger partial charge in [-0.2, -0.15) is 18.3 Å². The highest BCUT2D eigenvalue weighted by atomic mass is 35.5. The van der Waals surface area contributed by atoms with Gasteiger partial charge in [-0.15, -0.1) is 24.2 Å². The van der Waals surface area contributed by atoms with Gasteiger partial charge in [-0.05, 0) is 60.4 Å². The number of benzene rings is 3. The van der Waals surface area contributed by atoms with Gasteiger partial charge in [0, 0.05) is 23.2 Å². The topological polar surface area (TPSA) is 116 Å². The second-order valence-electron chi connectivity index (χ2n) is 9.30. The van der Waals surface area contributed by atoms with Crippen LogP contribution < -0.4 is 20.5 Å². The van der Waals surface area contributed by atoms with Gasteiger partial charge >= 0.3 is 11.9 Å². The van der Waals surface area contributed by atoms with Crippen molar-refractivity contribution in [2.45, 2.75) is 24.2 Å². The average molecular weight is 653 g/mol. The molecule has 1 amide bonds. The van der Waals surface area contributed by atoms with Gasteiger partial charge in [0.1, 0.15) is 19.5 Å². The number of halogens is 5. The first kappa shape index (κ1) is 32.4. The normalized spacial score (nSPS) is 11.3. The van der Waals surface area contributed by atoms with E-state index in [9.17, 15) is 22.8 Å². The zero-order chi connectivity index (χ0) is 30.9. The summed E-state index contributed by atoms with van der Waals surface area (Å²) in [5, 5.41) is 8.91. The molecule has 0 bridgehead atoms. The van der Waals surface area contributed by atoms with Crippen LogP contribution in [0, 0.1) is 5.82 Å². The first-order chi connectivity index (χ1) is 20.5. The van der Waals surface area contributed by atoms with E-state index in [4.69, 9.17) is 9.47 Å². The van der Waals surface area contributed by atoms with Crippen molar-refractivity contribution in [2.75, 3.05) is 18.7 Å². The molecule has 0 aliphatic heterocycles. The fourth-order valence-corrected chi connectivity index (χ4v) is 4.98. The number of H-pyrrole nitrogens is 1. The summed E-state index contributed by atoms with van der Waals surface area (Å²) in [5.74, 6) is -1.62. The number of carbonyl (C=O) groups excluding carboxylic acids is 1. The molecule has 5 aromatic rings. The van der Waals surface area contributed by atoms with Gasteiger partial charge in [-0.3, -0.25) is 19.0 Å². The summed E-state index contributed by atoms with van der Waals surface area (Å²) in [6, 6.07) is 10.9. The molecule has 0 radical (unpaired) electrons. The molecule has 0 saturated carbocycles. The largest absolute Gasteiger partial charge is 0.493 e. The van der Waals surface area contributed by atoms with Crippen LogP contribution in [-0.4, -0.2) is 43.6 Å². The van der Waals surface area contributed by atoms with Gasteiger partial charge in [0.15, 0.2) is 23.1 Å². The molecule has 0 spiro atoms. The molecule has 232 valence electrons. The Morgan fingerprint density at radius 1 is 1.14 bits per heavy atom. The highest BCUT2D eigenvalue weighted by Crippen LogP contribution is 2.41. The number of imidazole rings is 1. The number of aromatic nitrogens is 5. The number of aryl methyl sites for hydroxylation is 1. The van der Waals surface area contributed by atoms with E-state index in [2.05, 4.69) is 20.5 Å². The number of nitrogens with zero attached hydrogens (tertiary/aromatic N) is 4. The summed E-state index contributed by atoms with van der Waals surface area (Å²) in [4.78, 5) is 31.0. The smallest absolute Gasteiger partial charge is 0.416 e. The van der Waals surface area contributed by atoms with E-state index in [0.717, 1.165) is 32.2 Å². The molecule has 2 heterocycles. The lowest BCUT2D eigenvalue weighted by Gasteiger charge is -2.15. The molecule has 5 rings (SSSR count). The van der Waals surface area contributed by atoms with Crippen LogP contribution in [0.4, 0.5) is 23.2 Å². The van der Waals surface area contributed by atoms with Crippen LogP contribution in [0.15, 0.2) is 64.5 Å². The Balaban J connectivity index is 0.00000442. The number of carbonyl (C=O) groups is 1. The summed E-state index contributed by atoms with van der Waals surface area (Å²) in [5.41, 5.74) is -1.57. The second kappa shape index (κ2) is 13.0. The number of ether oxygens (including phenoxy) is 2. The summed E-state index contributed by atoms with van der Waals surface area (Å²) in [6.07, 6.45) is -1.67. The second-order valence-corrected chi connectivity index (χ2v) is 10.2. The first-order valence-electron chi connectivity index (χ1n) is 12.6. The lowest BCUT2D eigenvalue weighted by molar-refractivity contribution is -0.137. The van der Waals surface area contributed by atoms with Crippen molar-refractivity contribution < 1.29 is 31.8 Å². The number of nitrogens with one attached hydrogen (secondary N) is 2. The van der Waals surface area contributed by atoms with Crippen molar-refractivity contribution >= 4 is 46.8 Å². The number of rotatable bonds is 9. The van der Waals surface area contributed by atoms with E-state index in [1.165, 1.54) is 38.3 Å². The Kier molecular flexibility index (Phi) is 9.59. The average Bonchev–Trinajstić information content (AvgIpc) is 3.58. The predicted octanol–water partition coefficient (Wildman–Crippen LogP) is 5.65. The number of hydrogen-bond donors (Lipinski definition) is 2. The fraction of sp³-hybridized carbons (Fsp3) is 0.214. The molecule has 16 heteroatoms. The summed E-state index contributed by atoms with van der Waals surface area (Å²) in [7, 11) is 2.61. The molecule has 10 nitrogen and oxygen atoms in total. The zero-order valence-electron chi connectivity index (χ0n) is 23.4. The van der Waals surface area contributed by atoms with Crippen LogP contribution in [0.25, 0.3) is 22.2 Å². The number of aromatic amines is 1. The van der Waals surface area contributed by atoms with Crippen LogP contribution in [0.5, 0.6) is 11.5 Å². The Morgan fingerprint density at radius 2 is 1.86 bits per heavy atom. The zero-order valence-corrected chi connectivity index (χ0v) is 25.0. The van der Waals surface area contributed by atoms with E-state index < -0.39 is 35.7 Å². The van der Waals surface area contributed by atoms with Crippen molar-refractivity contribution in [2.24, 2.45) is 7.05 Å². The molecule has 44 heavy (non-hydrogen) atoms. The van der Waals surface area contributed by atoms with E-state index in [1.54, 1.807) is 24.3 Å². The highest BCUT2D eigenvalue weighted by molar-refractivity contribution is 7.98. The number of amides is 1. The summed E-state index contributed by atoms with van der Waals surface area (Å²) in [6.45, 7) is -0.741. The van der Waals surface area contributed by atoms with Crippen molar-refractivity contribution in [1.82, 2.24) is 24.3 Å². The molecule has 0 fully saturated rings. The Labute approximate surface area is 257 Å². The van der Waals surface area contributed by atoms with Gasteiger partial charge in [0.2, 0.25) is 5.91 Å². The van der Waals surface area contributed by atoms with E-state index >= 15 is 4.39 Å². The number of hydrogen-bond acceptors (Lipinski definition) is 7. The van der Waals surface area contributed by atoms with Crippen molar-refractivity contribution in [3.05, 3.63) is 82.5 Å². The van der Waals surface area contributed by atoms with Gasteiger partial charge in [0.05, 0.1) is 23.7 Å². The Bertz CT molecular complexity index is 1860. The van der Waals surface area contributed by atoms with Gasteiger partial charge < -0.3 is 14.8 Å². The lowest BCUT2D eigenvalue weighted by Crippen LogP contribution is -2.28. The highest BCUT2D eigenvalue weighted by Gasteiger charge is 2.33. The summed E-state index contributed by atoms with van der Waals surface area (Å²) < 4.78 is 70.4. The minimum Gasteiger partial charge on any atom is -0.493 e. The molecule has 0 unspecified atom stereocenters. The van der Waals surface area contributed by atoms with Gasteiger partial charge in [-0.1, -0.05) is 0 Å². The third kappa shape index (κ3) is 6.53. The molecule has 0 saturated heterocycles. The number of anilines is 1. The van der Waals surface area contributed by atoms with E-state index in [0.29, 0.717) is 11.5 Å². The van der Waals surface area contributed by atoms with E-state index in [1.807, 2.05) is 6.26 Å². The molecule has 0 aliphatic rings. The van der Waals surface area contributed by atoms with Crippen molar-refractivity contribution in [3.8, 4) is 22.6 Å². The van der Waals surface area contributed by atoms with Gasteiger partial charge in [0.25, 0.3) is 0 Å². The third-order valence-corrected chi connectivity index (χ3v) is 7.34. The third-order valence-electron chi connectivity index (χ3n) is 6.60. The minimum absolute atomic E-state index is 0. The SMILES string of the molecule is COc1cc(-c2cc(C(F)(F)F)cc3c2n(C)c(=O)n3CC(=O)Nc2ccc(SC)cc2)cc(F)c1OCc1ncn[nH]1.Cl. The van der Waals surface area contributed by atoms with Crippen molar-refractivity contribution in [1.29, 1.82) is 0 Å². The maximum atomic E-state index is 15.4. The molecule has 2 aromatic heterocycles. The molecular weight excluding hydrogens is 628 g/mol. The van der Waals surface area contributed by atoms with Crippen molar-refractivity contribution in [3.63, 3.8) is 0 Å². The van der Waals surface area contributed by atoms with E-state index in [-0.39, 0.29) is 52.7 Å². The Morgan fingerprint density at radius 3 is 2.48 bits per heavy atom. The monoisotopic (exact) mass is 652 g/mol. The first-order valence-corrected chi connectivity index (χ1v) is 13.8. The fourth-order valence-electron chi connectivity index (χ4n) is 4.57.